The van der Waals surface area contributed by atoms with Crippen molar-refractivity contribution in [1.29, 1.82) is 0 Å². The average molecular weight is 165 g/mol. The van der Waals surface area contributed by atoms with Crippen LogP contribution in [0.15, 0.2) is 0 Å². The van der Waals surface area contributed by atoms with Crippen molar-refractivity contribution < 1.29 is 9.53 Å². The standard InChI is InChI=1S/C9H11NO2/c1-2-9(11)10-3-6-7-4-12-5-8(6)7/h1,6-8H,3-5H2,(H,10,11). The quantitative estimate of drug-likeness (QED) is 0.567. The Hall–Kier alpha value is -1.01. The maximum absolute atomic E-state index is 10.7. The molecule has 0 radical (unpaired) electrons. The molecule has 2 fully saturated rings. The van der Waals surface area contributed by atoms with E-state index in [0.717, 1.165) is 19.8 Å². The van der Waals surface area contributed by atoms with Crippen molar-refractivity contribution in [1.82, 2.24) is 5.32 Å². The number of hydrogen-bond acceptors (Lipinski definition) is 2. The van der Waals surface area contributed by atoms with Crippen LogP contribution in [-0.4, -0.2) is 25.7 Å². The highest BCUT2D eigenvalue weighted by atomic mass is 16.5. The van der Waals surface area contributed by atoms with E-state index >= 15 is 0 Å². The Kier molecular flexibility index (Phi) is 1.78. The summed E-state index contributed by atoms with van der Waals surface area (Å²) in [6.07, 6.45) is 4.91. The number of ether oxygens (including phenoxy) is 1. The van der Waals surface area contributed by atoms with Crippen LogP contribution in [-0.2, 0) is 9.53 Å². The van der Waals surface area contributed by atoms with Gasteiger partial charge >= 0.3 is 0 Å². The zero-order chi connectivity index (χ0) is 8.55. The highest BCUT2D eigenvalue weighted by molar-refractivity contribution is 5.92. The SMILES string of the molecule is C#CC(=O)NCC1C2COCC12. The Morgan fingerprint density at radius 2 is 2.25 bits per heavy atom. The summed E-state index contributed by atoms with van der Waals surface area (Å²) in [4.78, 5) is 10.7. The van der Waals surface area contributed by atoms with Gasteiger partial charge in [-0.05, 0) is 23.7 Å². The van der Waals surface area contributed by atoms with Crippen LogP contribution in [0.25, 0.3) is 0 Å². The lowest BCUT2D eigenvalue weighted by atomic mass is 10.3. The van der Waals surface area contributed by atoms with E-state index in [-0.39, 0.29) is 5.91 Å². The van der Waals surface area contributed by atoms with Gasteiger partial charge in [-0.15, -0.1) is 6.42 Å². The van der Waals surface area contributed by atoms with Gasteiger partial charge < -0.3 is 10.1 Å². The largest absolute Gasteiger partial charge is 0.381 e. The number of nitrogens with one attached hydrogen (secondary N) is 1. The van der Waals surface area contributed by atoms with Gasteiger partial charge in [0.25, 0.3) is 5.91 Å². The Morgan fingerprint density at radius 3 is 2.83 bits per heavy atom. The number of rotatable bonds is 2. The fraction of sp³-hybridized carbons (Fsp3) is 0.667. The Bertz CT molecular complexity index is 233. The molecule has 1 aliphatic carbocycles. The third-order valence-corrected chi connectivity index (χ3v) is 2.76. The predicted molar refractivity (Wildman–Crippen MR) is 43.1 cm³/mol. The van der Waals surface area contributed by atoms with E-state index in [1.807, 2.05) is 5.92 Å². The molecule has 12 heavy (non-hydrogen) atoms. The zero-order valence-electron chi connectivity index (χ0n) is 6.75. The Balaban J connectivity index is 1.71. The van der Waals surface area contributed by atoms with Crippen LogP contribution < -0.4 is 5.32 Å². The number of terminal acetylenes is 1. The number of amides is 1. The first-order valence-corrected chi connectivity index (χ1v) is 4.15. The third-order valence-electron chi connectivity index (χ3n) is 2.76. The summed E-state index contributed by atoms with van der Waals surface area (Å²) < 4.78 is 5.22. The molecule has 2 rings (SSSR count). The number of fused-ring (bicyclic) bond motifs is 1. The second kappa shape index (κ2) is 2.80. The van der Waals surface area contributed by atoms with E-state index in [0.29, 0.717) is 17.8 Å². The molecule has 2 atom stereocenters. The van der Waals surface area contributed by atoms with Crippen LogP contribution in [0.3, 0.4) is 0 Å². The summed E-state index contributed by atoms with van der Waals surface area (Å²) in [5, 5.41) is 2.69. The summed E-state index contributed by atoms with van der Waals surface area (Å²) in [5.74, 6) is 3.72. The van der Waals surface area contributed by atoms with Crippen LogP contribution in [0.2, 0.25) is 0 Å². The number of carbonyl (C=O) groups excluding carboxylic acids is 1. The van der Waals surface area contributed by atoms with E-state index in [1.54, 1.807) is 0 Å². The van der Waals surface area contributed by atoms with Crippen molar-refractivity contribution in [3.8, 4) is 12.3 Å². The summed E-state index contributed by atoms with van der Waals surface area (Å²) in [6, 6.07) is 0. The molecule has 0 bridgehead atoms. The normalized spacial score (nSPS) is 36.8. The Labute approximate surface area is 71.5 Å². The van der Waals surface area contributed by atoms with Crippen LogP contribution in [0, 0.1) is 30.1 Å². The van der Waals surface area contributed by atoms with Crippen LogP contribution in [0.5, 0.6) is 0 Å². The van der Waals surface area contributed by atoms with Gasteiger partial charge in [-0.3, -0.25) is 4.79 Å². The first kappa shape index (κ1) is 7.63. The molecule has 3 nitrogen and oxygen atoms in total. The maximum Gasteiger partial charge on any atom is 0.295 e. The highest BCUT2D eigenvalue weighted by Crippen LogP contribution is 2.50. The monoisotopic (exact) mass is 165 g/mol. The van der Waals surface area contributed by atoms with E-state index in [2.05, 4.69) is 5.32 Å². The van der Waals surface area contributed by atoms with Gasteiger partial charge in [0.1, 0.15) is 0 Å². The topological polar surface area (TPSA) is 38.3 Å². The average Bonchev–Trinajstić information content (AvgIpc) is 2.55. The summed E-state index contributed by atoms with van der Waals surface area (Å²) in [5.41, 5.74) is 0. The van der Waals surface area contributed by atoms with Crippen LogP contribution in [0.1, 0.15) is 0 Å². The van der Waals surface area contributed by atoms with E-state index < -0.39 is 0 Å². The van der Waals surface area contributed by atoms with Crippen LogP contribution in [0.4, 0.5) is 0 Å². The summed E-state index contributed by atoms with van der Waals surface area (Å²) in [7, 11) is 0. The lowest BCUT2D eigenvalue weighted by Crippen LogP contribution is -2.25. The van der Waals surface area contributed by atoms with Crippen molar-refractivity contribution in [2.45, 2.75) is 0 Å². The molecule has 1 saturated heterocycles. The molecule has 64 valence electrons. The molecule has 0 spiro atoms. The van der Waals surface area contributed by atoms with Gasteiger partial charge in [-0.25, -0.2) is 0 Å². The third kappa shape index (κ3) is 1.19. The molecule has 1 heterocycles. The number of hydrogen-bond donors (Lipinski definition) is 1. The van der Waals surface area contributed by atoms with Crippen molar-refractivity contribution >= 4 is 5.91 Å². The molecule has 1 aliphatic heterocycles. The molecule has 0 aromatic rings. The van der Waals surface area contributed by atoms with E-state index in [1.165, 1.54) is 0 Å². The first-order chi connectivity index (χ1) is 5.83. The molecule has 1 amide bonds. The van der Waals surface area contributed by atoms with Gasteiger partial charge in [0.2, 0.25) is 0 Å². The maximum atomic E-state index is 10.7. The molecule has 1 N–H and O–H groups in total. The molecule has 2 unspecified atom stereocenters. The van der Waals surface area contributed by atoms with Gasteiger partial charge in [0, 0.05) is 6.54 Å². The molecule has 2 aliphatic rings. The van der Waals surface area contributed by atoms with Gasteiger partial charge in [0.05, 0.1) is 13.2 Å². The lowest BCUT2D eigenvalue weighted by molar-refractivity contribution is -0.115. The summed E-state index contributed by atoms with van der Waals surface area (Å²) in [6.45, 7) is 2.45. The fourth-order valence-electron chi connectivity index (χ4n) is 1.92. The van der Waals surface area contributed by atoms with Crippen molar-refractivity contribution in [2.75, 3.05) is 19.8 Å². The Morgan fingerprint density at radius 1 is 1.58 bits per heavy atom. The minimum Gasteiger partial charge on any atom is -0.381 e. The second-order valence-corrected chi connectivity index (χ2v) is 3.38. The molecule has 1 saturated carbocycles. The zero-order valence-corrected chi connectivity index (χ0v) is 6.75. The smallest absolute Gasteiger partial charge is 0.295 e. The van der Waals surface area contributed by atoms with Crippen molar-refractivity contribution in [3.05, 3.63) is 0 Å². The van der Waals surface area contributed by atoms with Gasteiger partial charge in [0.15, 0.2) is 0 Å². The van der Waals surface area contributed by atoms with Crippen molar-refractivity contribution in [3.63, 3.8) is 0 Å². The minimum absolute atomic E-state index is 0.305. The predicted octanol–water partition coefficient (Wildman–Crippen LogP) is -0.372. The molecule has 0 aromatic heterocycles. The van der Waals surface area contributed by atoms with Crippen molar-refractivity contribution in [2.24, 2.45) is 17.8 Å². The lowest BCUT2D eigenvalue weighted by Gasteiger charge is -2.03. The summed E-state index contributed by atoms with van der Waals surface area (Å²) >= 11 is 0. The second-order valence-electron chi connectivity index (χ2n) is 3.38. The fourth-order valence-corrected chi connectivity index (χ4v) is 1.92. The van der Waals surface area contributed by atoms with Gasteiger partial charge in [-0.2, -0.15) is 0 Å². The molecule has 0 aromatic carbocycles. The van der Waals surface area contributed by atoms with E-state index in [4.69, 9.17) is 11.2 Å². The number of carbonyl (C=O) groups is 1. The molecular formula is C9H11NO2. The first-order valence-electron chi connectivity index (χ1n) is 4.15. The molecular weight excluding hydrogens is 154 g/mol. The molecule has 3 heteroatoms. The van der Waals surface area contributed by atoms with Gasteiger partial charge in [-0.1, -0.05) is 0 Å². The van der Waals surface area contributed by atoms with Crippen LogP contribution >= 0.6 is 0 Å². The highest BCUT2D eigenvalue weighted by Gasteiger charge is 2.53. The van der Waals surface area contributed by atoms with E-state index in [9.17, 15) is 4.79 Å². The minimum atomic E-state index is -0.305.